The van der Waals surface area contributed by atoms with E-state index in [1.165, 1.54) is 31.1 Å². The molecule has 0 aliphatic heterocycles. The zero-order valence-corrected chi connectivity index (χ0v) is 15.4. The van der Waals surface area contributed by atoms with Crippen LogP contribution in [0.4, 0.5) is 8.78 Å². The fraction of sp³-hybridized carbons (Fsp3) is 0.222. The van der Waals surface area contributed by atoms with Gasteiger partial charge in [0.05, 0.1) is 42.9 Å². The Morgan fingerprint density at radius 2 is 1.89 bits per heavy atom. The standard InChI is InChI=1S/C18H17F2N5O3/c1-4-28-13-5-12(27-3)9(6-23-13)17-15(16(18(21)26)24-25(17)2)14-10(19)7-22-8-11(14)20/h5-8H,4H2,1-3H3,(H2,21,26). The summed E-state index contributed by atoms with van der Waals surface area (Å²) in [5.74, 6) is -2.24. The fourth-order valence-corrected chi connectivity index (χ4v) is 2.88. The summed E-state index contributed by atoms with van der Waals surface area (Å²) in [6.07, 6.45) is 3.09. The first kappa shape index (κ1) is 19.2. The SMILES string of the molecule is CCOc1cc(OC)c(-c2c(-c3c(F)cncc3F)c(C(N)=O)nn2C)cn1. The number of aryl methyl sites for hydroxylation is 1. The molecule has 1 amide bonds. The van der Waals surface area contributed by atoms with Crippen LogP contribution in [0.5, 0.6) is 11.6 Å². The van der Waals surface area contributed by atoms with E-state index < -0.39 is 23.1 Å². The number of carbonyl (C=O) groups is 1. The molecule has 0 aliphatic rings. The van der Waals surface area contributed by atoms with Gasteiger partial charge in [-0.2, -0.15) is 5.10 Å². The van der Waals surface area contributed by atoms with Crippen molar-refractivity contribution in [2.75, 3.05) is 13.7 Å². The van der Waals surface area contributed by atoms with Crippen LogP contribution in [0.15, 0.2) is 24.7 Å². The zero-order valence-electron chi connectivity index (χ0n) is 15.4. The lowest BCUT2D eigenvalue weighted by Crippen LogP contribution is -2.13. The lowest BCUT2D eigenvalue weighted by atomic mass is 9.98. The maximum Gasteiger partial charge on any atom is 0.269 e. The van der Waals surface area contributed by atoms with Crippen molar-refractivity contribution in [2.24, 2.45) is 12.8 Å². The van der Waals surface area contributed by atoms with E-state index in [-0.39, 0.29) is 17.0 Å². The summed E-state index contributed by atoms with van der Waals surface area (Å²) in [6.45, 7) is 2.20. The number of amides is 1. The van der Waals surface area contributed by atoms with Crippen LogP contribution in [-0.4, -0.2) is 39.4 Å². The van der Waals surface area contributed by atoms with Crippen LogP contribution < -0.4 is 15.2 Å². The molecule has 3 rings (SSSR count). The van der Waals surface area contributed by atoms with Crippen LogP contribution in [0.25, 0.3) is 22.4 Å². The Hall–Kier alpha value is -3.56. The van der Waals surface area contributed by atoms with E-state index in [4.69, 9.17) is 15.2 Å². The van der Waals surface area contributed by atoms with Gasteiger partial charge in [0.25, 0.3) is 5.91 Å². The van der Waals surface area contributed by atoms with Gasteiger partial charge in [0.15, 0.2) is 17.3 Å². The van der Waals surface area contributed by atoms with Crippen molar-refractivity contribution in [1.82, 2.24) is 19.7 Å². The molecule has 146 valence electrons. The molecule has 0 aliphatic carbocycles. The van der Waals surface area contributed by atoms with Gasteiger partial charge >= 0.3 is 0 Å². The van der Waals surface area contributed by atoms with E-state index in [1.54, 1.807) is 6.92 Å². The molecule has 0 aromatic carbocycles. The number of aromatic nitrogens is 4. The first-order valence-corrected chi connectivity index (χ1v) is 8.22. The topological polar surface area (TPSA) is 105 Å². The molecule has 0 saturated heterocycles. The minimum absolute atomic E-state index is 0.114. The average molecular weight is 389 g/mol. The third-order valence-electron chi connectivity index (χ3n) is 3.99. The van der Waals surface area contributed by atoms with Crippen LogP contribution in [-0.2, 0) is 7.05 Å². The molecule has 3 aromatic rings. The summed E-state index contributed by atoms with van der Waals surface area (Å²) in [6, 6.07) is 1.53. The number of carbonyl (C=O) groups excluding carboxylic acids is 1. The predicted octanol–water partition coefficient (Wildman–Crippen LogP) is 2.33. The van der Waals surface area contributed by atoms with Gasteiger partial charge in [-0.05, 0) is 6.92 Å². The Morgan fingerprint density at radius 1 is 1.21 bits per heavy atom. The minimum atomic E-state index is -0.963. The number of nitrogens with zero attached hydrogens (tertiary/aromatic N) is 4. The summed E-state index contributed by atoms with van der Waals surface area (Å²) in [5.41, 5.74) is 5.07. The molecule has 3 heterocycles. The number of hydrogen-bond donors (Lipinski definition) is 1. The van der Waals surface area contributed by atoms with Crippen LogP contribution in [0, 0.1) is 11.6 Å². The number of halogens is 2. The molecule has 0 bridgehead atoms. The van der Waals surface area contributed by atoms with E-state index in [1.807, 2.05) is 0 Å². The molecule has 0 saturated carbocycles. The summed E-state index contributed by atoms with van der Waals surface area (Å²) < 4.78 is 41.0. The minimum Gasteiger partial charge on any atom is -0.496 e. The van der Waals surface area contributed by atoms with Crippen LogP contribution in [0.3, 0.4) is 0 Å². The van der Waals surface area contributed by atoms with Gasteiger partial charge in [-0.3, -0.25) is 14.5 Å². The fourth-order valence-electron chi connectivity index (χ4n) is 2.88. The zero-order chi connectivity index (χ0) is 20.4. The summed E-state index contributed by atoms with van der Waals surface area (Å²) >= 11 is 0. The first-order chi connectivity index (χ1) is 13.4. The van der Waals surface area contributed by atoms with E-state index in [2.05, 4.69) is 15.1 Å². The maximum absolute atomic E-state index is 14.5. The molecular formula is C18H17F2N5O3. The van der Waals surface area contributed by atoms with Gasteiger partial charge in [-0.1, -0.05) is 0 Å². The van der Waals surface area contributed by atoms with Crippen molar-refractivity contribution in [2.45, 2.75) is 6.92 Å². The largest absolute Gasteiger partial charge is 0.496 e. The highest BCUT2D eigenvalue weighted by atomic mass is 19.1. The smallest absolute Gasteiger partial charge is 0.269 e. The average Bonchev–Trinajstić information content (AvgIpc) is 2.99. The van der Waals surface area contributed by atoms with Crippen molar-refractivity contribution in [3.8, 4) is 34.0 Å². The highest BCUT2D eigenvalue weighted by Gasteiger charge is 2.29. The van der Waals surface area contributed by atoms with Crippen LogP contribution in [0.1, 0.15) is 17.4 Å². The summed E-state index contributed by atoms with van der Waals surface area (Å²) in [7, 11) is 2.94. The predicted molar refractivity (Wildman–Crippen MR) is 95.8 cm³/mol. The molecule has 3 aromatic heterocycles. The number of methoxy groups -OCH3 is 1. The molecule has 0 radical (unpaired) electrons. The first-order valence-electron chi connectivity index (χ1n) is 8.22. The second-order valence-corrected chi connectivity index (χ2v) is 5.69. The second kappa shape index (κ2) is 7.59. The van der Waals surface area contributed by atoms with Gasteiger partial charge < -0.3 is 15.2 Å². The van der Waals surface area contributed by atoms with Crippen molar-refractivity contribution in [1.29, 1.82) is 0 Å². The Bertz CT molecular complexity index is 1030. The quantitative estimate of drug-likeness (QED) is 0.694. The van der Waals surface area contributed by atoms with Gasteiger partial charge in [0.2, 0.25) is 5.88 Å². The number of nitrogens with two attached hydrogens (primary N) is 1. The molecule has 0 unspecified atom stereocenters. The molecular weight excluding hydrogens is 372 g/mol. The molecule has 0 atom stereocenters. The maximum atomic E-state index is 14.5. The monoisotopic (exact) mass is 389 g/mol. The van der Waals surface area contributed by atoms with Crippen LogP contribution in [0.2, 0.25) is 0 Å². The normalized spacial score (nSPS) is 10.8. The van der Waals surface area contributed by atoms with Gasteiger partial charge in [-0.15, -0.1) is 0 Å². The highest BCUT2D eigenvalue weighted by Crippen LogP contribution is 2.41. The summed E-state index contributed by atoms with van der Waals surface area (Å²) in [5, 5.41) is 4.05. The number of pyridine rings is 2. The third kappa shape index (κ3) is 3.24. The van der Waals surface area contributed by atoms with Gasteiger partial charge in [0, 0.05) is 24.9 Å². The Balaban J connectivity index is 2.36. The van der Waals surface area contributed by atoms with E-state index in [0.29, 0.717) is 23.8 Å². The molecule has 0 fully saturated rings. The third-order valence-corrected chi connectivity index (χ3v) is 3.99. The number of rotatable bonds is 6. The van der Waals surface area contributed by atoms with Gasteiger partial charge in [-0.25, -0.2) is 13.8 Å². The van der Waals surface area contributed by atoms with E-state index in [0.717, 1.165) is 12.4 Å². The Labute approximate surface area is 158 Å². The summed E-state index contributed by atoms with van der Waals surface area (Å²) in [4.78, 5) is 19.6. The molecule has 8 nitrogen and oxygen atoms in total. The van der Waals surface area contributed by atoms with E-state index >= 15 is 0 Å². The van der Waals surface area contributed by atoms with Crippen molar-refractivity contribution < 1.29 is 23.0 Å². The van der Waals surface area contributed by atoms with E-state index in [9.17, 15) is 13.6 Å². The van der Waals surface area contributed by atoms with Crippen molar-refractivity contribution >= 4 is 5.91 Å². The van der Waals surface area contributed by atoms with Crippen molar-refractivity contribution in [3.05, 3.63) is 42.0 Å². The lowest BCUT2D eigenvalue weighted by molar-refractivity contribution is 0.0995. The lowest BCUT2D eigenvalue weighted by Gasteiger charge is -2.13. The molecule has 0 spiro atoms. The number of hydrogen-bond acceptors (Lipinski definition) is 6. The second-order valence-electron chi connectivity index (χ2n) is 5.69. The number of primary amides is 1. The highest BCUT2D eigenvalue weighted by molar-refractivity contribution is 6.02. The Kier molecular flexibility index (Phi) is 5.21. The molecule has 10 heteroatoms. The Morgan fingerprint density at radius 3 is 2.46 bits per heavy atom. The van der Waals surface area contributed by atoms with Crippen molar-refractivity contribution in [3.63, 3.8) is 0 Å². The van der Waals surface area contributed by atoms with Crippen LogP contribution >= 0.6 is 0 Å². The molecule has 2 N–H and O–H groups in total. The van der Waals surface area contributed by atoms with Gasteiger partial charge in [0.1, 0.15) is 5.75 Å². The molecule has 28 heavy (non-hydrogen) atoms. The number of ether oxygens (including phenoxy) is 2.